The molecule has 0 radical (unpaired) electrons. The molecule has 1 fully saturated rings. The van der Waals surface area contributed by atoms with Crippen LogP contribution < -0.4 is 0 Å². The highest BCUT2D eigenvalue weighted by Gasteiger charge is 2.51. The first-order valence-electron chi connectivity index (χ1n) is 7.54. The van der Waals surface area contributed by atoms with Gasteiger partial charge in [-0.2, -0.15) is 0 Å². The van der Waals surface area contributed by atoms with Crippen LogP contribution in [0.2, 0.25) is 0 Å². The second kappa shape index (κ2) is 4.44. The molecule has 17 heavy (non-hydrogen) atoms. The highest BCUT2D eigenvalue weighted by Crippen LogP contribution is 2.57. The van der Waals surface area contributed by atoms with E-state index >= 15 is 0 Å². The van der Waals surface area contributed by atoms with Crippen LogP contribution in [0.5, 0.6) is 0 Å². The van der Waals surface area contributed by atoms with Crippen molar-refractivity contribution in [1.29, 1.82) is 0 Å². The van der Waals surface area contributed by atoms with Crippen molar-refractivity contribution in [3.05, 3.63) is 12.2 Å². The minimum absolute atomic E-state index is 0.478. The van der Waals surface area contributed by atoms with E-state index in [4.69, 9.17) is 0 Å². The molecule has 0 aromatic heterocycles. The SMILES string of the molecule is CCC1C=CC2CC(C(C)(C)C)C(C(C)C)C12. The molecule has 0 heterocycles. The zero-order valence-electron chi connectivity index (χ0n) is 12.5. The second-order valence-corrected chi connectivity index (χ2v) is 7.73. The average Bonchev–Trinajstić information content (AvgIpc) is 2.72. The summed E-state index contributed by atoms with van der Waals surface area (Å²) in [4.78, 5) is 0. The van der Waals surface area contributed by atoms with E-state index < -0.39 is 0 Å². The molecule has 2 aliphatic carbocycles. The van der Waals surface area contributed by atoms with Crippen LogP contribution in [0.3, 0.4) is 0 Å². The monoisotopic (exact) mass is 234 g/mol. The molecule has 0 N–H and O–H groups in total. The van der Waals surface area contributed by atoms with Gasteiger partial charge >= 0.3 is 0 Å². The maximum atomic E-state index is 2.54. The lowest BCUT2D eigenvalue weighted by Gasteiger charge is -2.38. The van der Waals surface area contributed by atoms with E-state index in [1.807, 2.05) is 0 Å². The molecular weight excluding hydrogens is 204 g/mol. The number of hydrogen-bond acceptors (Lipinski definition) is 0. The van der Waals surface area contributed by atoms with Gasteiger partial charge in [0.1, 0.15) is 0 Å². The van der Waals surface area contributed by atoms with Crippen LogP contribution in [0.25, 0.3) is 0 Å². The third-order valence-corrected chi connectivity index (χ3v) is 5.38. The van der Waals surface area contributed by atoms with Gasteiger partial charge in [-0.1, -0.05) is 53.7 Å². The Morgan fingerprint density at radius 2 is 1.82 bits per heavy atom. The molecule has 0 saturated heterocycles. The third-order valence-electron chi connectivity index (χ3n) is 5.38. The molecule has 98 valence electrons. The van der Waals surface area contributed by atoms with Gasteiger partial charge in [-0.3, -0.25) is 0 Å². The summed E-state index contributed by atoms with van der Waals surface area (Å²) in [5.74, 6) is 5.38. The van der Waals surface area contributed by atoms with Gasteiger partial charge in [0.2, 0.25) is 0 Å². The molecule has 0 spiro atoms. The minimum atomic E-state index is 0.478. The lowest BCUT2D eigenvalue weighted by atomic mass is 9.67. The molecule has 1 saturated carbocycles. The molecular formula is C17H30. The zero-order chi connectivity index (χ0) is 12.8. The lowest BCUT2D eigenvalue weighted by molar-refractivity contribution is 0.110. The Bertz CT molecular complexity index is 292. The summed E-state index contributed by atoms with van der Waals surface area (Å²) in [6.07, 6.45) is 7.82. The van der Waals surface area contributed by atoms with E-state index in [2.05, 4.69) is 53.7 Å². The maximum absolute atomic E-state index is 2.54. The van der Waals surface area contributed by atoms with Gasteiger partial charge in [0, 0.05) is 0 Å². The Balaban J connectivity index is 2.27. The van der Waals surface area contributed by atoms with Crippen molar-refractivity contribution in [3.8, 4) is 0 Å². The molecule has 0 aromatic carbocycles. The Hall–Kier alpha value is -0.260. The van der Waals surface area contributed by atoms with Crippen molar-refractivity contribution in [1.82, 2.24) is 0 Å². The van der Waals surface area contributed by atoms with Gasteiger partial charge in [0.15, 0.2) is 0 Å². The van der Waals surface area contributed by atoms with Gasteiger partial charge in [-0.15, -0.1) is 0 Å². The smallest absolute Gasteiger partial charge is 0.0194 e. The zero-order valence-corrected chi connectivity index (χ0v) is 12.5. The molecule has 0 aliphatic heterocycles. The maximum Gasteiger partial charge on any atom is -0.0194 e. The molecule has 2 aliphatic rings. The van der Waals surface area contributed by atoms with Gasteiger partial charge in [-0.25, -0.2) is 0 Å². The number of fused-ring (bicyclic) bond motifs is 1. The van der Waals surface area contributed by atoms with Crippen molar-refractivity contribution in [2.24, 2.45) is 40.9 Å². The molecule has 5 unspecified atom stereocenters. The fourth-order valence-corrected chi connectivity index (χ4v) is 4.63. The summed E-state index contributed by atoms with van der Waals surface area (Å²) in [5.41, 5.74) is 0.478. The van der Waals surface area contributed by atoms with Crippen molar-refractivity contribution in [2.45, 2.75) is 54.4 Å². The van der Waals surface area contributed by atoms with Crippen LogP contribution in [0.1, 0.15) is 54.4 Å². The summed E-state index contributed by atoms with van der Waals surface area (Å²) in [7, 11) is 0. The van der Waals surface area contributed by atoms with Gasteiger partial charge < -0.3 is 0 Å². The molecule has 0 bridgehead atoms. The quantitative estimate of drug-likeness (QED) is 0.579. The molecule has 0 heteroatoms. The van der Waals surface area contributed by atoms with Crippen LogP contribution in [-0.2, 0) is 0 Å². The van der Waals surface area contributed by atoms with E-state index in [0.717, 1.165) is 35.5 Å². The minimum Gasteiger partial charge on any atom is -0.0848 e. The number of allylic oxidation sites excluding steroid dienone is 2. The van der Waals surface area contributed by atoms with Crippen LogP contribution in [0.15, 0.2) is 12.2 Å². The third kappa shape index (κ3) is 2.20. The fourth-order valence-electron chi connectivity index (χ4n) is 4.63. The van der Waals surface area contributed by atoms with Crippen molar-refractivity contribution in [2.75, 3.05) is 0 Å². The highest BCUT2D eigenvalue weighted by molar-refractivity contribution is 5.14. The van der Waals surface area contributed by atoms with E-state index in [0.29, 0.717) is 5.41 Å². The fraction of sp³-hybridized carbons (Fsp3) is 0.882. The Morgan fingerprint density at radius 3 is 2.29 bits per heavy atom. The van der Waals surface area contributed by atoms with Crippen LogP contribution in [0.4, 0.5) is 0 Å². The molecule has 0 nitrogen and oxygen atoms in total. The molecule has 0 amide bonds. The largest absolute Gasteiger partial charge is 0.0848 e. The van der Waals surface area contributed by atoms with Crippen LogP contribution >= 0.6 is 0 Å². The topological polar surface area (TPSA) is 0 Å². The van der Waals surface area contributed by atoms with Crippen molar-refractivity contribution < 1.29 is 0 Å². The van der Waals surface area contributed by atoms with Crippen molar-refractivity contribution in [3.63, 3.8) is 0 Å². The predicted molar refractivity (Wildman–Crippen MR) is 75.8 cm³/mol. The normalized spacial score (nSPS) is 41.2. The molecule has 2 rings (SSSR count). The van der Waals surface area contributed by atoms with E-state index in [9.17, 15) is 0 Å². The van der Waals surface area contributed by atoms with Gasteiger partial charge in [-0.05, 0) is 53.8 Å². The standard InChI is InChI=1S/C17H30/c1-7-12-8-9-13-10-14(17(4,5)6)15(11(2)3)16(12)13/h8-9,11-16H,7,10H2,1-6H3. The predicted octanol–water partition coefficient (Wildman–Crippen LogP) is 5.15. The number of hydrogen-bond donors (Lipinski definition) is 0. The summed E-state index contributed by atoms with van der Waals surface area (Å²) in [6, 6.07) is 0. The first kappa shape index (κ1) is 13.2. The highest BCUT2D eigenvalue weighted by atomic mass is 14.6. The summed E-state index contributed by atoms with van der Waals surface area (Å²) in [6.45, 7) is 14.6. The Morgan fingerprint density at radius 1 is 1.18 bits per heavy atom. The first-order valence-corrected chi connectivity index (χ1v) is 7.54. The molecule has 0 aromatic rings. The Kier molecular flexibility index (Phi) is 3.45. The summed E-state index contributed by atoms with van der Waals surface area (Å²) < 4.78 is 0. The van der Waals surface area contributed by atoms with E-state index in [1.54, 1.807) is 0 Å². The van der Waals surface area contributed by atoms with E-state index in [-0.39, 0.29) is 0 Å². The van der Waals surface area contributed by atoms with Gasteiger partial charge in [0.25, 0.3) is 0 Å². The molecule has 5 atom stereocenters. The van der Waals surface area contributed by atoms with Crippen molar-refractivity contribution >= 4 is 0 Å². The summed E-state index contributed by atoms with van der Waals surface area (Å²) >= 11 is 0. The second-order valence-electron chi connectivity index (χ2n) is 7.73. The van der Waals surface area contributed by atoms with Crippen LogP contribution in [0, 0.1) is 40.9 Å². The number of rotatable bonds is 2. The first-order chi connectivity index (χ1) is 7.86. The Labute approximate surface area is 108 Å². The van der Waals surface area contributed by atoms with Crippen LogP contribution in [-0.4, -0.2) is 0 Å². The average molecular weight is 234 g/mol. The van der Waals surface area contributed by atoms with Gasteiger partial charge in [0.05, 0.1) is 0 Å². The lowest BCUT2D eigenvalue weighted by Crippen LogP contribution is -2.32. The van der Waals surface area contributed by atoms with E-state index in [1.165, 1.54) is 12.8 Å². The summed E-state index contributed by atoms with van der Waals surface area (Å²) in [5, 5.41) is 0.